The molecule has 2 unspecified atom stereocenters. The van der Waals surface area contributed by atoms with Crippen molar-refractivity contribution in [2.24, 2.45) is 0 Å². The molecule has 2 heterocycles. The summed E-state index contributed by atoms with van der Waals surface area (Å²) >= 11 is 0. The molecular formula is C15H26N2O2. The van der Waals surface area contributed by atoms with E-state index in [1.807, 2.05) is 16.7 Å². The van der Waals surface area contributed by atoms with E-state index >= 15 is 0 Å². The molecule has 0 aliphatic carbocycles. The van der Waals surface area contributed by atoms with Gasteiger partial charge >= 0.3 is 0 Å². The van der Waals surface area contributed by atoms with E-state index in [0.717, 1.165) is 32.2 Å². The maximum absolute atomic E-state index is 12.8. The van der Waals surface area contributed by atoms with Crippen LogP contribution in [0.2, 0.25) is 0 Å². The minimum absolute atomic E-state index is 0.165. The van der Waals surface area contributed by atoms with Gasteiger partial charge in [0.1, 0.15) is 12.1 Å². The van der Waals surface area contributed by atoms with Gasteiger partial charge in [-0.1, -0.05) is 20.8 Å². The summed E-state index contributed by atoms with van der Waals surface area (Å²) in [6, 6.07) is -0.445. The average Bonchev–Trinajstić information content (AvgIpc) is 2.91. The Kier molecular flexibility index (Phi) is 3.88. The van der Waals surface area contributed by atoms with Crippen molar-refractivity contribution in [3.8, 4) is 0 Å². The van der Waals surface area contributed by atoms with Gasteiger partial charge in [-0.2, -0.15) is 0 Å². The minimum atomic E-state index is -0.258. The van der Waals surface area contributed by atoms with Gasteiger partial charge in [-0.3, -0.25) is 9.59 Å². The highest BCUT2D eigenvalue weighted by Crippen LogP contribution is 2.35. The first-order chi connectivity index (χ1) is 9.00. The SMILES string of the molecule is CCC1C(=O)N2CCCC2C(=O)N1C(C)(CC)CC. The second-order valence-electron chi connectivity index (χ2n) is 6.03. The molecule has 4 nitrogen and oxygen atoms in total. The van der Waals surface area contributed by atoms with E-state index in [4.69, 9.17) is 0 Å². The Morgan fingerprint density at radius 1 is 1.16 bits per heavy atom. The Balaban J connectivity index is 2.39. The predicted octanol–water partition coefficient (Wildman–Crippen LogP) is 2.18. The molecule has 0 radical (unpaired) electrons. The fourth-order valence-corrected chi connectivity index (χ4v) is 3.49. The summed E-state index contributed by atoms with van der Waals surface area (Å²) in [6.07, 6.45) is 4.29. The summed E-state index contributed by atoms with van der Waals surface area (Å²) in [5, 5.41) is 0. The van der Waals surface area contributed by atoms with Crippen LogP contribution in [0.3, 0.4) is 0 Å². The Hall–Kier alpha value is -1.06. The average molecular weight is 266 g/mol. The molecule has 2 saturated heterocycles. The molecule has 0 spiro atoms. The predicted molar refractivity (Wildman–Crippen MR) is 74.6 cm³/mol. The van der Waals surface area contributed by atoms with Gasteiger partial charge in [0.05, 0.1) is 0 Å². The quantitative estimate of drug-likeness (QED) is 0.782. The van der Waals surface area contributed by atoms with Crippen LogP contribution in [0.25, 0.3) is 0 Å². The van der Waals surface area contributed by atoms with E-state index in [1.54, 1.807) is 0 Å². The van der Waals surface area contributed by atoms with Crippen LogP contribution in [0.4, 0.5) is 0 Å². The monoisotopic (exact) mass is 266 g/mol. The van der Waals surface area contributed by atoms with Crippen molar-refractivity contribution in [3.05, 3.63) is 0 Å². The normalized spacial score (nSPS) is 28.0. The van der Waals surface area contributed by atoms with Crippen LogP contribution in [0.1, 0.15) is 59.8 Å². The van der Waals surface area contributed by atoms with Gasteiger partial charge in [-0.05, 0) is 39.0 Å². The third-order valence-electron chi connectivity index (χ3n) is 5.15. The molecule has 0 aromatic rings. The number of fused-ring (bicyclic) bond motifs is 1. The molecule has 0 saturated carbocycles. The van der Waals surface area contributed by atoms with E-state index < -0.39 is 0 Å². The smallest absolute Gasteiger partial charge is 0.246 e. The summed E-state index contributed by atoms with van der Waals surface area (Å²) in [4.78, 5) is 29.2. The molecule has 2 amide bonds. The van der Waals surface area contributed by atoms with E-state index in [1.165, 1.54) is 0 Å². The van der Waals surface area contributed by atoms with Crippen LogP contribution in [-0.4, -0.2) is 45.8 Å². The first-order valence-corrected chi connectivity index (χ1v) is 7.63. The second-order valence-corrected chi connectivity index (χ2v) is 6.03. The Morgan fingerprint density at radius 3 is 2.32 bits per heavy atom. The summed E-state index contributed by atoms with van der Waals surface area (Å²) < 4.78 is 0. The first-order valence-electron chi connectivity index (χ1n) is 7.63. The number of rotatable bonds is 4. The number of piperazine rings is 1. The van der Waals surface area contributed by atoms with Crippen molar-refractivity contribution >= 4 is 11.8 Å². The summed E-state index contributed by atoms with van der Waals surface area (Å²) in [5.74, 6) is 0.341. The van der Waals surface area contributed by atoms with Crippen molar-refractivity contribution in [2.45, 2.75) is 77.4 Å². The zero-order valence-corrected chi connectivity index (χ0v) is 12.6. The van der Waals surface area contributed by atoms with Crippen molar-refractivity contribution in [1.29, 1.82) is 0 Å². The lowest BCUT2D eigenvalue weighted by atomic mass is 9.87. The molecular weight excluding hydrogens is 240 g/mol. The topological polar surface area (TPSA) is 40.6 Å². The van der Waals surface area contributed by atoms with Crippen LogP contribution in [-0.2, 0) is 9.59 Å². The summed E-state index contributed by atoms with van der Waals surface area (Å²) in [6.45, 7) is 9.09. The maximum atomic E-state index is 12.8. The molecule has 2 aliphatic heterocycles. The molecule has 4 heteroatoms. The van der Waals surface area contributed by atoms with Gasteiger partial charge in [0.15, 0.2) is 0 Å². The van der Waals surface area contributed by atoms with Crippen LogP contribution >= 0.6 is 0 Å². The van der Waals surface area contributed by atoms with E-state index in [0.29, 0.717) is 6.42 Å². The van der Waals surface area contributed by atoms with Gasteiger partial charge in [-0.25, -0.2) is 0 Å². The number of hydrogen-bond donors (Lipinski definition) is 0. The van der Waals surface area contributed by atoms with Crippen molar-refractivity contribution < 1.29 is 9.59 Å². The third-order valence-corrected chi connectivity index (χ3v) is 5.15. The fraction of sp³-hybridized carbons (Fsp3) is 0.867. The van der Waals surface area contributed by atoms with E-state index in [2.05, 4.69) is 20.8 Å². The molecule has 2 atom stereocenters. The van der Waals surface area contributed by atoms with Gasteiger partial charge in [-0.15, -0.1) is 0 Å². The zero-order chi connectivity index (χ0) is 14.2. The molecule has 2 rings (SSSR count). The first kappa shape index (κ1) is 14.4. The van der Waals surface area contributed by atoms with Crippen LogP contribution < -0.4 is 0 Å². The minimum Gasteiger partial charge on any atom is -0.329 e. The van der Waals surface area contributed by atoms with E-state index in [9.17, 15) is 9.59 Å². The number of nitrogens with zero attached hydrogens (tertiary/aromatic N) is 2. The van der Waals surface area contributed by atoms with Gasteiger partial charge < -0.3 is 9.80 Å². The van der Waals surface area contributed by atoms with Crippen LogP contribution in [0, 0.1) is 0 Å². The van der Waals surface area contributed by atoms with Gasteiger partial charge in [0, 0.05) is 12.1 Å². The fourth-order valence-electron chi connectivity index (χ4n) is 3.49. The van der Waals surface area contributed by atoms with Crippen LogP contribution in [0.5, 0.6) is 0 Å². The number of carbonyl (C=O) groups excluding carboxylic acids is 2. The zero-order valence-electron chi connectivity index (χ0n) is 12.6. The number of amides is 2. The Bertz CT molecular complexity index is 376. The molecule has 2 fully saturated rings. The number of hydrogen-bond acceptors (Lipinski definition) is 2. The Morgan fingerprint density at radius 2 is 1.79 bits per heavy atom. The molecule has 108 valence electrons. The molecule has 2 aliphatic rings. The largest absolute Gasteiger partial charge is 0.329 e. The molecule has 19 heavy (non-hydrogen) atoms. The van der Waals surface area contributed by atoms with E-state index in [-0.39, 0.29) is 29.4 Å². The molecule has 0 N–H and O–H groups in total. The van der Waals surface area contributed by atoms with Gasteiger partial charge in [0.25, 0.3) is 0 Å². The lowest BCUT2D eigenvalue weighted by molar-refractivity contribution is -0.167. The third kappa shape index (κ3) is 2.05. The highest BCUT2D eigenvalue weighted by atomic mass is 16.2. The highest BCUT2D eigenvalue weighted by molar-refractivity contribution is 5.97. The lowest BCUT2D eigenvalue weighted by Crippen LogP contribution is -2.68. The lowest BCUT2D eigenvalue weighted by Gasteiger charge is -2.50. The van der Waals surface area contributed by atoms with Crippen molar-refractivity contribution in [1.82, 2.24) is 9.80 Å². The van der Waals surface area contributed by atoms with Crippen molar-refractivity contribution in [3.63, 3.8) is 0 Å². The van der Waals surface area contributed by atoms with Crippen molar-refractivity contribution in [2.75, 3.05) is 6.54 Å². The van der Waals surface area contributed by atoms with Crippen LogP contribution in [0.15, 0.2) is 0 Å². The van der Waals surface area contributed by atoms with Gasteiger partial charge in [0.2, 0.25) is 11.8 Å². The standard InChI is InChI=1S/C15H26N2O2/c1-5-11-13(18)16-10-8-9-12(16)14(19)17(11)15(4,6-2)7-3/h11-12H,5-10H2,1-4H3. The molecule has 0 aromatic heterocycles. The summed E-state index contributed by atoms with van der Waals surface area (Å²) in [5.41, 5.74) is -0.192. The summed E-state index contributed by atoms with van der Waals surface area (Å²) in [7, 11) is 0. The Labute approximate surface area is 116 Å². The molecule has 0 bridgehead atoms. The number of carbonyl (C=O) groups is 2. The second kappa shape index (κ2) is 5.14. The maximum Gasteiger partial charge on any atom is 0.246 e. The molecule has 0 aromatic carbocycles. The highest BCUT2D eigenvalue weighted by Gasteiger charge is 2.51.